The molecule has 0 unspecified atom stereocenters. The van der Waals surface area contributed by atoms with Crippen LogP contribution in [-0.2, 0) is 0 Å². The van der Waals surface area contributed by atoms with E-state index in [0.717, 1.165) is 41.7 Å². The number of fused-ring (bicyclic) bond motifs is 10. The van der Waals surface area contributed by atoms with Crippen molar-refractivity contribution in [2.45, 2.75) is 27.7 Å². The molecular formula is C32H24Cl2O4S2. The fourth-order valence-corrected chi connectivity index (χ4v) is 8.43. The second-order valence-electron chi connectivity index (χ2n) is 11.1. The summed E-state index contributed by atoms with van der Waals surface area (Å²) in [5.41, 5.74) is -0.0795. The molecule has 0 radical (unpaired) electrons. The van der Waals surface area contributed by atoms with Crippen LogP contribution in [-0.4, -0.2) is 13.2 Å². The third-order valence-corrected chi connectivity index (χ3v) is 10.1. The molecule has 0 atom stereocenters. The van der Waals surface area contributed by atoms with Crippen molar-refractivity contribution in [1.29, 1.82) is 0 Å². The first-order chi connectivity index (χ1) is 19.2. The molecule has 0 fully saturated rings. The van der Waals surface area contributed by atoms with Crippen molar-refractivity contribution in [3.05, 3.63) is 66.9 Å². The molecule has 0 saturated carbocycles. The van der Waals surface area contributed by atoms with Crippen LogP contribution in [0.15, 0.2) is 46.0 Å². The summed E-state index contributed by atoms with van der Waals surface area (Å²) in [5.74, 6) is 1.95. The normalized spacial score (nSPS) is 12.6. The number of thiophene rings is 2. The van der Waals surface area contributed by atoms with E-state index in [-0.39, 0.29) is 22.7 Å². The van der Waals surface area contributed by atoms with Crippen LogP contribution >= 0.6 is 45.9 Å². The van der Waals surface area contributed by atoms with E-state index in [9.17, 15) is 9.59 Å². The first-order valence-electron chi connectivity index (χ1n) is 13.2. The number of benzene rings is 3. The van der Waals surface area contributed by atoms with E-state index >= 15 is 0 Å². The van der Waals surface area contributed by atoms with E-state index in [0.29, 0.717) is 54.9 Å². The Bertz CT molecular complexity index is 2090. The Labute approximate surface area is 247 Å². The molecule has 4 nitrogen and oxygen atoms in total. The molecule has 0 saturated heterocycles. The summed E-state index contributed by atoms with van der Waals surface area (Å²) in [6.07, 6.45) is 0. The van der Waals surface area contributed by atoms with Crippen molar-refractivity contribution in [1.82, 2.24) is 0 Å². The predicted octanol–water partition coefficient (Wildman–Crippen LogP) is 9.70. The lowest BCUT2D eigenvalue weighted by Gasteiger charge is -2.16. The first kappa shape index (κ1) is 26.0. The Morgan fingerprint density at radius 1 is 0.600 bits per heavy atom. The predicted molar refractivity (Wildman–Crippen MR) is 173 cm³/mol. The van der Waals surface area contributed by atoms with Gasteiger partial charge in [-0.1, -0.05) is 63.0 Å². The summed E-state index contributed by atoms with van der Waals surface area (Å²) in [6.45, 7) is 9.39. The van der Waals surface area contributed by atoms with Crippen molar-refractivity contribution >= 4 is 108 Å². The van der Waals surface area contributed by atoms with Crippen molar-refractivity contribution in [2.24, 2.45) is 11.8 Å². The van der Waals surface area contributed by atoms with E-state index in [2.05, 4.69) is 27.7 Å². The zero-order valence-corrected chi connectivity index (χ0v) is 25.4. The van der Waals surface area contributed by atoms with Gasteiger partial charge in [0.25, 0.3) is 0 Å². The second kappa shape index (κ2) is 9.31. The molecule has 0 aliphatic rings. The van der Waals surface area contributed by atoms with Gasteiger partial charge in [-0.2, -0.15) is 0 Å². The second-order valence-corrected chi connectivity index (χ2v) is 14.0. The minimum atomic E-state index is -0.0398. The zero-order valence-electron chi connectivity index (χ0n) is 22.2. The van der Waals surface area contributed by atoms with Crippen LogP contribution in [0.5, 0.6) is 11.5 Å². The van der Waals surface area contributed by atoms with Crippen LogP contribution in [0.25, 0.3) is 61.9 Å². The van der Waals surface area contributed by atoms with Crippen LogP contribution in [0, 0.1) is 11.8 Å². The molecule has 7 aromatic rings. The summed E-state index contributed by atoms with van der Waals surface area (Å²) >= 11 is 15.4. The fraction of sp³-hybridized carbons (Fsp3) is 0.250. The number of hydrogen-bond acceptors (Lipinski definition) is 6. The summed E-state index contributed by atoms with van der Waals surface area (Å²) in [5, 5.41) is 7.40. The van der Waals surface area contributed by atoms with Gasteiger partial charge in [0.15, 0.2) is 0 Å². The molecule has 8 heteroatoms. The molecule has 0 aliphatic carbocycles. The van der Waals surface area contributed by atoms with Crippen molar-refractivity contribution in [3.63, 3.8) is 0 Å². The molecule has 7 rings (SSSR count). The van der Waals surface area contributed by atoms with Crippen molar-refractivity contribution in [3.8, 4) is 11.5 Å². The number of ether oxygens (including phenoxy) is 2. The highest BCUT2D eigenvalue weighted by molar-refractivity contribution is 7.28. The highest BCUT2D eigenvalue weighted by atomic mass is 35.5. The number of hydrogen-bond donors (Lipinski definition) is 0. The number of halogens is 2. The van der Waals surface area contributed by atoms with E-state index < -0.39 is 0 Å². The van der Waals surface area contributed by atoms with Gasteiger partial charge in [-0.25, -0.2) is 0 Å². The van der Waals surface area contributed by atoms with Gasteiger partial charge < -0.3 is 9.47 Å². The van der Waals surface area contributed by atoms with Crippen LogP contribution in [0.4, 0.5) is 0 Å². The smallest absolute Gasteiger partial charge is 0.204 e. The summed E-state index contributed by atoms with van der Waals surface area (Å²) < 4.78 is 16.3. The molecular weight excluding hydrogens is 583 g/mol. The lowest BCUT2D eigenvalue weighted by atomic mass is 10.0. The fourth-order valence-electron chi connectivity index (χ4n) is 5.54. The van der Waals surface area contributed by atoms with Crippen molar-refractivity contribution in [2.75, 3.05) is 13.2 Å². The first-order valence-corrected chi connectivity index (χ1v) is 15.6. The molecule has 0 bridgehead atoms. The third-order valence-electron chi connectivity index (χ3n) is 7.21. The molecule has 0 N–H and O–H groups in total. The highest BCUT2D eigenvalue weighted by Gasteiger charge is 2.29. The van der Waals surface area contributed by atoms with Gasteiger partial charge in [-0.05, 0) is 46.9 Å². The monoisotopic (exact) mass is 606 g/mol. The molecule has 2 heterocycles. The minimum absolute atomic E-state index is 0.0398. The average molecular weight is 608 g/mol. The van der Waals surface area contributed by atoms with Gasteiger partial charge in [0.05, 0.1) is 32.0 Å². The lowest BCUT2D eigenvalue weighted by molar-refractivity contribution is 0.273. The largest absolute Gasteiger partial charge is 0.491 e. The minimum Gasteiger partial charge on any atom is -0.491 e. The Morgan fingerprint density at radius 2 is 1.00 bits per heavy atom. The maximum atomic E-state index is 13.6. The number of rotatable bonds is 6. The Balaban J connectivity index is 1.73. The molecule has 202 valence electrons. The van der Waals surface area contributed by atoms with Gasteiger partial charge in [-0.15, -0.1) is 22.7 Å². The van der Waals surface area contributed by atoms with E-state index in [1.165, 1.54) is 22.7 Å². The molecule has 0 spiro atoms. The molecule has 2 aromatic heterocycles. The Morgan fingerprint density at radius 3 is 1.38 bits per heavy atom. The van der Waals surface area contributed by atoms with Gasteiger partial charge >= 0.3 is 0 Å². The lowest BCUT2D eigenvalue weighted by Crippen LogP contribution is -2.07. The maximum absolute atomic E-state index is 13.6. The van der Waals surface area contributed by atoms with E-state index in [1.807, 2.05) is 24.3 Å². The molecule has 0 amide bonds. The van der Waals surface area contributed by atoms with Crippen LogP contribution in [0.1, 0.15) is 27.7 Å². The average Bonchev–Trinajstić information content (AvgIpc) is 3.62. The summed E-state index contributed by atoms with van der Waals surface area (Å²) in [4.78, 5) is 27.3. The van der Waals surface area contributed by atoms with E-state index in [1.54, 1.807) is 12.1 Å². The van der Waals surface area contributed by atoms with Gasteiger partial charge in [0.2, 0.25) is 10.9 Å². The van der Waals surface area contributed by atoms with Crippen LogP contribution < -0.4 is 20.3 Å². The molecule has 5 aromatic carbocycles. The Kier molecular flexibility index (Phi) is 6.06. The molecule has 0 aliphatic heterocycles. The third kappa shape index (κ3) is 3.69. The van der Waals surface area contributed by atoms with Crippen LogP contribution in [0.2, 0.25) is 10.0 Å². The highest BCUT2D eigenvalue weighted by Crippen LogP contribution is 2.56. The summed E-state index contributed by atoms with van der Waals surface area (Å²) in [7, 11) is 0. The van der Waals surface area contributed by atoms with E-state index in [4.69, 9.17) is 32.7 Å². The van der Waals surface area contributed by atoms with Crippen molar-refractivity contribution < 1.29 is 9.47 Å². The SMILES string of the molecule is CC(C)COc1c2sc3c(=O)c4cc(Cl)ccc4c3c2c(OCC(C)C)c2sc3c(=O)c4cc(Cl)ccc4c3c12. The standard InChI is InChI=1S/C32H24Cl2O4S2/c1-13(2)11-37-27-23-21-17-7-5-15(33)9-19(17)25(35)29(21)40-32(23)28(38-12-14(3)4)24-22-18-8-6-16(34)10-20(18)26(36)30(22)39-31(24)27/h5-10,13-14H,11-12H2,1-4H3. The maximum Gasteiger partial charge on any atom is 0.204 e. The summed E-state index contributed by atoms with van der Waals surface area (Å²) in [6, 6.07) is 10.9. The quantitative estimate of drug-likeness (QED) is 0.189. The van der Waals surface area contributed by atoms with Gasteiger partial charge in [0.1, 0.15) is 11.5 Å². The van der Waals surface area contributed by atoms with Gasteiger partial charge in [-0.3, -0.25) is 9.59 Å². The molecule has 40 heavy (non-hydrogen) atoms. The zero-order chi connectivity index (χ0) is 28.0. The topological polar surface area (TPSA) is 52.6 Å². The van der Waals surface area contributed by atoms with Gasteiger partial charge in [0, 0.05) is 42.4 Å². The Hall–Kier alpha value is -2.90. The van der Waals surface area contributed by atoms with Crippen LogP contribution in [0.3, 0.4) is 0 Å².